The second-order valence-corrected chi connectivity index (χ2v) is 8.37. The fourth-order valence-corrected chi connectivity index (χ4v) is 5.31. The minimum atomic E-state index is -1.46. The van der Waals surface area contributed by atoms with Gasteiger partial charge in [-0.05, 0) is 55.6 Å². The second kappa shape index (κ2) is 7.04. The van der Waals surface area contributed by atoms with Crippen molar-refractivity contribution < 1.29 is 25.2 Å². The predicted octanol–water partition coefficient (Wildman–Crippen LogP) is 1.80. The lowest BCUT2D eigenvalue weighted by Crippen LogP contribution is -2.53. The normalized spacial score (nSPS) is 43.7. The van der Waals surface area contributed by atoms with Crippen molar-refractivity contribution in [3.8, 4) is 0 Å². The summed E-state index contributed by atoms with van der Waals surface area (Å²) in [7, 11) is 0. The number of hydrogen-bond donors (Lipinski definition) is 4. The Morgan fingerprint density at radius 3 is 2.73 bits per heavy atom. The van der Waals surface area contributed by atoms with Crippen LogP contribution in [0.3, 0.4) is 0 Å². The van der Waals surface area contributed by atoms with Crippen molar-refractivity contribution in [3.63, 3.8) is 0 Å². The number of rotatable bonds is 3. The van der Waals surface area contributed by atoms with Gasteiger partial charge < -0.3 is 20.4 Å². The Bertz CT molecular complexity index is 663. The zero-order chi connectivity index (χ0) is 19.1. The maximum absolute atomic E-state index is 12.2. The van der Waals surface area contributed by atoms with E-state index in [-0.39, 0.29) is 5.92 Å². The fraction of sp³-hybridized carbons (Fsp3) is 0.667. The number of aliphatic hydroxyl groups excluding tert-OH is 3. The second-order valence-electron chi connectivity index (χ2n) is 8.37. The zero-order valence-electron chi connectivity index (χ0n) is 15.4. The highest BCUT2D eigenvalue weighted by Gasteiger charge is 2.61. The summed E-state index contributed by atoms with van der Waals surface area (Å²) in [6, 6.07) is 0. The summed E-state index contributed by atoms with van der Waals surface area (Å²) in [6.45, 7) is 5.28. The predicted molar refractivity (Wildman–Crippen MR) is 98.3 cm³/mol. The first-order valence-electron chi connectivity index (χ1n) is 9.54. The van der Waals surface area contributed by atoms with E-state index in [4.69, 9.17) is 0 Å². The largest absolute Gasteiger partial charge is 0.393 e. The van der Waals surface area contributed by atoms with Gasteiger partial charge in [0.1, 0.15) is 12.2 Å². The molecule has 3 aliphatic carbocycles. The van der Waals surface area contributed by atoms with Crippen molar-refractivity contribution in [2.75, 3.05) is 6.61 Å². The number of aliphatic hydroxyl groups is 4. The van der Waals surface area contributed by atoms with Gasteiger partial charge in [0.05, 0.1) is 12.2 Å². The van der Waals surface area contributed by atoms with E-state index in [1.54, 1.807) is 0 Å². The van der Waals surface area contributed by atoms with Gasteiger partial charge in [0.25, 0.3) is 0 Å². The molecule has 3 fully saturated rings. The topological polar surface area (TPSA) is 98.0 Å². The third kappa shape index (κ3) is 3.01. The monoisotopic (exact) mass is 362 g/mol. The number of allylic oxidation sites excluding steroid dienone is 3. The van der Waals surface area contributed by atoms with Crippen molar-refractivity contribution in [1.29, 1.82) is 0 Å². The van der Waals surface area contributed by atoms with Crippen LogP contribution in [0.4, 0.5) is 0 Å². The van der Waals surface area contributed by atoms with Crippen molar-refractivity contribution in [3.05, 3.63) is 35.5 Å². The molecule has 5 nitrogen and oxygen atoms in total. The molecule has 144 valence electrons. The molecule has 5 atom stereocenters. The summed E-state index contributed by atoms with van der Waals surface area (Å²) >= 11 is 0. The molecule has 0 aliphatic heterocycles. The maximum Gasteiger partial charge on any atom is 0.190 e. The van der Waals surface area contributed by atoms with Gasteiger partial charge in [-0.3, -0.25) is 4.79 Å². The van der Waals surface area contributed by atoms with Crippen LogP contribution in [0.2, 0.25) is 0 Å². The molecule has 26 heavy (non-hydrogen) atoms. The van der Waals surface area contributed by atoms with Crippen molar-refractivity contribution >= 4 is 5.78 Å². The SMILES string of the molecule is C=C1C(=CC=C2CCC[C@@]3(C)[C@H]2CC[C@]3(O)C(=O)CO)C[C@@H](O)C[C@@H]1O. The molecule has 0 heterocycles. The van der Waals surface area contributed by atoms with Crippen LogP contribution in [-0.4, -0.2) is 50.6 Å². The first-order valence-corrected chi connectivity index (χ1v) is 9.54. The number of fused-ring (bicyclic) bond motifs is 1. The van der Waals surface area contributed by atoms with Crippen LogP contribution in [0.15, 0.2) is 35.5 Å². The van der Waals surface area contributed by atoms with Crippen LogP contribution in [0.25, 0.3) is 0 Å². The molecule has 0 aromatic carbocycles. The summed E-state index contributed by atoms with van der Waals surface area (Å²) in [5.74, 6) is -0.380. The average Bonchev–Trinajstić information content (AvgIpc) is 2.89. The third-order valence-electron chi connectivity index (χ3n) is 6.99. The summed E-state index contributed by atoms with van der Waals surface area (Å²) in [6.07, 6.45) is 7.15. The van der Waals surface area contributed by atoms with Gasteiger partial charge in [-0.1, -0.05) is 31.2 Å². The van der Waals surface area contributed by atoms with E-state index in [0.29, 0.717) is 24.8 Å². The maximum atomic E-state index is 12.2. The average molecular weight is 362 g/mol. The van der Waals surface area contributed by atoms with Gasteiger partial charge in [0, 0.05) is 11.8 Å². The number of carbonyl (C=O) groups is 1. The lowest BCUT2D eigenvalue weighted by atomic mass is 9.60. The molecule has 0 aromatic rings. The molecule has 5 heteroatoms. The Labute approximate surface area is 154 Å². The Balaban J connectivity index is 1.88. The van der Waals surface area contributed by atoms with E-state index >= 15 is 0 Å². The molecule has 3 saturated carbocycles. The first-order chi connectivity index (χ1) is 12.2. The minimum absolute atomic E-state index is 0.0975. The van der Waals surface area contributed by atoms with Gasteiger partial charge in [-0.15, -0.1) is 0 Å². The molecule has 0 aromatic heterocycles. The van der Waals surface area contributed by atoms with Gasteiger partial charge >= 0.3 is 0 Å². The summed E-state index contributed by atoms with van der Waals surface area (Å²) in [5, 5.41) is 40.2. The Morgan fingerprint density at radius 2 is 2.04 bits per heavy atom. The Hall–Kier alpha value is -1.27. The third-order valence-corrected chi connectivity index (χ3v) is 6.99. The molecule has 0 unspecified atom stereocenters. The standard InChI is InChI=1S/C21H30O5/c1-13-15(10-16(23)11-18(13)24)6-5-14-4-3-8-20(2)17(14)7-9-21(20,26)19(25)12-22/h5-6,16-18,22-24,26H,1,3-4,7-12H2,2H3/t16-,17+,18+,20+,21+/m1/s1. The molecular formula is C21H30O5. The Morgan fingerprint density at radius 1 is 1.31 bits per heavy atom. The smallest absolute Gasteiger partial charge is 0.190 e. The van der Waals surface area contributed by atoms with Crippen LogP contribution < -0.4 is 0 Å². The highest BCUT2D eigenvalue weighted by Crippen LogP contribution is 2.59. The van der Waals surface area contributed by atoms with Gasteiger partial charge in [-0.25, -0.2) is 0 Å². The van der Waals surface area contributed by atoms with Crippen LogP contribution in [-0.2, 0) is 4.79 Å². The number of hydrogen-bond acceptors (Lipinski definition) is 5. The Kier molecular flexibility index (Phi) is 5.28. The summed E-state index contributed by atoms with van der Waals surface area (Å²) < 4.78 is 0. The number of Topliss-reactive ketones (excluding diaryl/α,β-unsaturated/α-hetero) is 1. The lowest BCUT2D eigenvalue weighted by Gasteiger charge is -2.45. The van der Waals surface area contributed by atoms with Gasteiger partial charge in [0.15, 0.2) is 5.78 Å². The van der Waals surface area contributed by atoms with Crippen LogP contribution >= 0.6 is 0 Å². The molecule has 0 radical (unpaired) electrons. The van der Waals surface area contributed by atoms with E-state index in [0.717, 1.165) is 31.3 Å². The molecular weight excluding hydrogens is 332 g/mol. The highest BCUT2D eigenvalue weighted by atomic mass is 16.3. The first kappa shape index (κ1) is 19.5. The summed E-state index contributed by atoms with van der Waals surface area (Å²) in [4.78, 5) is 12.2. The lowest BCUT2D eigenvalue weighted by molar-refractivity contribution is -0.154. The van der Waals surface area contributed by atoms with E-state index in [1.807, 2.05) is 19.1 Å². The summed E-state index contributed by atoms with van der Waals surface area (Å²) in [5.41, 5.74) is 0.688. The van der Waals surface area contributed by atoms with Crippen molar-refractivity contribution in [2.45, 2.75) is 69.7 Å². The van der Waals surface area contributed by atoms with E-state index < -0.39 is 35.6 Å². The highest BCUT2D eigenvalue weighted by molar-refractivity contribution is 5.89. The molecule has 4 N–H and O–H groups in total. The molecule has 3 aliphatic rings. The van der Waals surface area contributed by atoms with E-state index in [2.05, 4.69) is 6.58 Å². The molecule has 0 bridgehead atoms. The van der Waals surface area contributed by atoms with Crippen molar-refractivity contribution in [1.82, 2.24) is 0 Å². The zero-order valence-corrected chi connectivity index (χ0v) is 15.4. The molecule has 0 saturated heterocycles. The number of carbonyl (C=O) groups excluding carboxylic acids is 1. The van der Waals surface area contributed by atoms with Crippen LogP contribution in [0.1, 0.15) is 51.9 Å². The van der Waals surface area contributed by atoms with E-state index in [1.165, 1.54) is 5.57 Å². The van der Waals surface area contributed by atoms with Gasteiger partial charge in [-0.2, -0.15) is 0 Å². The van der Waals surface area contributed by atoms with Crippen molar-refractivity contribution in [2.24, 2.45) is 11.3 Å². The van der Waals surface area contributed by atoms with Crippen LogP contribution in [0.5, 0.6) is 0 Å². The number of ketones is 1. The van der Waals surface area contributed by atoms with Crippen LogP contribution in [0, 0.1) is 11.3 Å². The van der Waals surface area contributed by atoms with Gasteiger partial charge in [0.2, 0.25) is 0 Å². The van der Waals surface area contributed by atoms with E-state index in [9.17, 15) is 25.2 Å². The quantitative estimate of drug-likeness (QED) is 0.614. The molecule has 0 amide bonds. The molecule has 3 rings (SSSR count). The molecule has 0 spiro atoms. The fourth-order valence-electron chi connectivity index (χ4n) is 5.31. The minimum Gasteiger partial charge on any atom is -0.393 e.